The van der Waals surface area contributed by atoms with Crippen molar-refractivity contribution in [1.82, 2.24) is 9.88 Å². The Kier molecular flexibility index (Phi) is 7.18. The van der Waals surface area contributed by atoms with Crippen molar-refractivity contribution in [3.63, 3.8) is 0 Å². The predicted molar refractivity (Wildman–Crippen MR) is 141 cm³/mol. The normalized spacial score (nSPS) is 22.1. The lowest BCUT2D eigenvalue weighted by molar-refractivity contribution is 0.322. The smallest absolute Gasteiger partial charge is 0.0483 e. The lowest BCUT2D eigenvalue weighted by Gasteiger charge is -2.26. The first-order chi connectivity index (χ1) is 16.2. The number of hydrogen-bond acceptors (Lipinski definition) is 2. The minimum absolute atomic E-state index is 0.417. The Hall–Kier alpha value is -2.10. The van der Waals surface area contributed by atoms with Gasteiger partial charge in [-0.15, -0.1) is 0 Å². The van der Waals surface area contributed by atoms with Gasteiger partial charge in [0.25, 0.3) is 0 Å². The summed E-state index contributed by atoms with van der Waals surface area (Å²) in [7, 11) is 0. The number of benzene rings is 2. The second-order valence-corrected chi connectivity index (χ2v) is 10.7. The van der Waals surface area contributed by atoms with Crippen LogP contribution in [0.1, 0.15) is 68.9 Å². The van der Waals surface area contributed by atoms with E-state index in [1.807, 2.05) is 0 Å². The van der Waals surface area contributed by atoms with Gasteiger partial charge in [0.15, 0.2) is 0 Å². The number of nitrogens with one attached hydrogen (secondary N) is 1. The van der Waals surface area contributed by atoms with Crippen molar-refractivity contribution in [2.45, 2.75) is 89.8 Å². The van der Waals surface area contributed by atoms with E-state index in [2.05, 4.69) is 65.5 Å². The van der Waals surface area contributed by atoms with Crippen LogP contribution in [-0.2, 0) is 13.0 Å². The minimum Gasteiger partial charge on any atom is -0.347 e. The van der Waals surface area contributed by atoms with Crippen molar-refractivity contribution < 1.29 is 0 Å². The van der Waals surface area contributed by atoms with Crippen LogP contribution in [0.15, 0.2) is 48.7 Å². The van der Waals surface area contributed by atoms with Crippen molar-refractivity contribution in [3.05, 3.63) is 59.8 Å². The molecule has 2 saturated carbocycles. The summed E-state index contributed by atoms with van der Waals surface area (Å²) in [5.74, 6) is 0.836. The van der Waals surface area contributed by atoms with E-state index in [4.69, 9.17) is 5.73 Å². The molecule has 3 heteroatoms. The molecule has 0 aliphatic heterocycles. The number of hydrogen-bond donors (Lipinski definition) is 2. The van der Waals surface area contributed by atoms with Crippen LogP contribution in [-0.4, -0.2) is 23.2 Å². The fourth-order valence-electron chi connectivity index (χ4n) is 6.17. The lowest BCUT2D eigenvalue weighted by Crippen LogP contribution is -2.38. The average molecular weight is 444 g/mol. The third-order valence-corrected chi connectivity index (χ3v) is 8.20. The molecular formula is C30H41N3. The molecule has 3 N–H and O–H groups in total. The molecule has 2 aliphatic rings. The van der Waals surface area contributed by atoms with Crippen LogP contribution in [0.3, 0.4) is 0 Å². The van der Waals surface area contributed by atoms with Crippen LogP contribution in [0.5, 0.6) is 0 Å². The Bertz CT molecular complexity index is 1050. The van der Waals surface area contributed by atoms with E-state index in [9.17, 15) is 0 Å². The zero-order valence-electron chi connectivity index (χ0n) is 20.4. The monoisotopic (exact) mass is 443 g/mol. The third-order valence-electron chi connectivity index (χ3n) is 8.20. The topological polar surface area (TPSA) is 43.0 Å². The molecule has 2 aliphatic carbocycles. The van der Waals surface area contributed by atoms with Crippen LogP contribution in [0, 0.1) is 12.8 Å². The molecule has 3 nitrogen and oxygen atoms in total. The Labute approximate surface area is 199 Å². The van der Waals surface area contributed by atoms with Gasteiger partial charge < -0.3 is 15.6 Å². The molecule has 0 unspecified atom stereocenters. The third kappa shape index (κ3) is 5.36. The van der Waals surface area contributed by atoms with Crippen LogP contribution >= 0.6 is 0 Å². The fourth-order valence-corrected chi connectivity index (χ4v) is 6.17. The molecule has 0 saturated heterocycles. The zero-order chi connectivity index (χ0) is 22.6. The second kappa shape index (κ2) is 10.4. The minimum atomic E-state index is 0.417. The van der Waals surface area contributed by atoms with Gasteiger partial charge in [0, 0.05) is 35.7 Å². The Morgan fingerprint density at radius 1 is 0.939 bits per heavy atom. The highest BCUT2D eigenvalue weighted by Gasteiger charge is 2.19. The van der Waals surface area contributed by atoms with Crippen molar-refractivity contribution in [2.24, 2.45) is 11.7 Å². The van der Waals surface area contributed by atoms with E-state index >= 15 is 0 Å². The molecule has 1 aromatic heterocycles. The molecule has 3 aromatic rings. The maximum Gasteiger partial charge on any atom is 0.0483 e. The summed E-state index contributed by atoms with van der Waals surface area (Å²) < 4.78 is 2.57. The standard InChI is InChI=1S/C30H41N3/c1-22-7-5-6-10-28(22)24-11-16-30-29(19-24)25(17-18-32-27-14-12-26(31)13-15-27)21-33(30)20-23-8-3-2-4-9-23/h5-7,10-11,16,19,21,23,26-27,32H,2-4,8-9,12-15,17-18,20,31H2,1H3/t26-,27-. The zero-order valence-corrected chi connectivity index (χ0v) is 20.4. The molecule has 5 rings (SSSR count). The van der Waals surface area contributed by atoms with Gasteiger partial charge in [0.05, 0.1) is 0 Å². The van der Waals surface area contributed by atoms with E-state index in [0.29, 0.717) is 12.1 Å². The summed E-state index contributed by atoms with van der Waals surface area (Å²) in [4.78, 5) is 0. The first kappa shape index (κ1) is 22.7. The van der Waals surface area contributed by atoms with Crippen molar-refractivity contribution >= 4 is 10.9 Å². The van der Waals surface area contributed by atoms with E-state index in [1.165, 1.54) is 84.6 Å². The summed E-state index contributed by atoms with van der Waals surface area (Å²) in [6.45, 7) is 4.44. The Balaban J connectivity index is 1.39. The molecule has 0 bridgehead atoms. The fraction of sp³-hybridized carbons (Fsp3) is 0.533. The van der Waals surface area contributed by atoms with Gasteiger partial charge in [-0.1, -0.05) is 49.6 Å². The van der Waals surface area contributed by atoms with E-state index in [1.54, 1.807) is 0 Å². The summed E-state index contributed by atoms with van der Waals surface area (Å²) in [5.41, 5.74) is 13.0. The molecule has 0 radical (unpaired) electrons. The summed E-state index contributed by atoms with van der Waals surface area (Å²) >= 11 is 0. The lowest BCUT2D eigenvalue weighted by atomic mass is 9.89. The summed E-state index contributed by atoms with van der Waals surface area (Å²) in [6.07, 6.45) is 15.4. The van der Waals surface area contributed by atoms with E-state index < -0.39 is 0 Å². The van der Waals surface area contributed by atoms with Crippen molar-refractivity contribution in [1.29, 1.82) is 0 Å². The molecule has 2 aromatic carbocycles. The number of fused-ring (bicyclic) bond motifs is 1. The highest BCUT2D eigenvalue weighted by atomic mass is 15.0. The van der Waals surface area contributed by atoms with Gasteiger partial charge in [0.2, 0.25) is 0 Å². The van der Waals surface area contributed by atoms with E-state index in [-0.39, 0.29) is 0 Å². The summed E-state index contributed by atoms with van der Waals surface area (Å²) in [5, 5.41) is 5.28. The van der Waals surface area contributed by atoms with Gasteiger partial charge >= 0.3 is 0 Å². The van der Waals surface area contributed by atoms with Gasteiger partial charge in [-0.05, 0) is 98.7 Å². The number of nitrogens with zero attached hydrogens (tertiary/aromatic N) is 1. The van der Waals surface area contributed by atoms with Gasteiger partial charge in [-0.25, -0.2) is 0 Å². The van der Waals surface area contributed by atoms with Gasteiger partial charge in [-0.2, -0.15) is 0 Å². The molecule has 0 spiro atoms. The Morgan fingerprint density at radius 2 is 1.73 bits per heavy atom. The van der Waals surface area contributed by atoms with Gasteiger partial charge in [0.1, 0.15) is 0 Å². The van der Waals surface area contributed by atoms with Gasteiger partial charge in [-0.3, -0.25) is 0 Å². The van der Waals surface area contributed by atoms with Crippen LogP contribution < -0.4 is 11.1 Å². The first-order valence-corrected chi connectivity index (χ1v) is 13.3. The average Bonchev–Trinajstić information content (AvgIpc) is 3.18. The number of aromatic nitrogens is 1. The highest BCUT2D eigenvalue weighted by Crippen LogP contribution is 2.32. The molecule has 0 amide bonds. The van der Waals surface area contributed by atoms with Crippen LogP contribution in [0.2, 0.25) is 0 Å². The largest absolute Gasteiger partial charge is 0.347 e. The molecule has 0 atom stereocenters. The number of nitrogens with two attached hydrogens (primary N) is 1. The van der Waals surface area contributed by atoms with Crippen molar-refractivity contribution in [2.75, 3.05) is 6.54 Å². The number of rotatable bonds is 7. The molecule has 2 fully saturated rings. The predicted octanol–water partition coefficient (Wildman–Crippen LogP) is 6.60. The summed E-state index contributed by atoms with van der Waals surface area (Å²) in [6, 6.07) is 17.0. The SMILES string of the molecule is Cc1ccccc1-c1ccc2c(c1)c(CCN[C@H]1CC[C@H](N)CC1)cn2CC1CCCCC1. The molecule has 176 valence electrons. The number of aryl methyl sites for hydroxylation is 1. The molecule has 1 heterocycles. The first-order valence-electron chi connectivity index (χ1n) is 13.3. The van der Waals surface area contributed by atoms with Crippen molar-refractivity contribution in [3.8, 4) is 11.1 Å². The maximum absolute atomic E-state index is 6.10. The highest BCUT2D eigenvalue weighted by molar-refractivity contribution is 5.89. The molecular weight excluding hydrogens is 402 g/mol. The molecule has 33 heavy (non-hydrogen) atoms. The van der Waals surface area contributed by atoms with Crippen LogP contribution in [0.25, 0.3) is 22.0 Å². The maximum atomic E-state index is 6.10. The quantitative estimate of drug-likeness (QED) is 0.432. The second-order valence-electron chi connectivity index (χ2n) is 10.7. The van der Waals surface area contributed by atoms with Crippen LogP contribution in [0.4, 0.5) is 0 Å². The van der Waals surface area contributed by atoms with E-state index in [0.717, 1.165) is 31.7 Å². The Morgan fingerprint density at radius 3 is 2.52 bits per heavy atom.